The number of rotatable bonds is 6. The molecule has 32 heavy (non-hydrogen) atoms. The smallest absolute Gasteiger partial charge is 0.395 e. The summed E-state index contributed by atoms with van der Waals surface area (Å²) < 4.78 is 38.8. The van der Waals surface area contributed by atoms with E-state index >= 15 is 0 Å². The summed E-state index contributed by atoms with van der Waals surface area (Å²) in [6, 6.07) is 6.32. The van der Waals surface area contributed by atoms with Crippen LogP contribution in [0, 0.1) is 6.92 Å². The van der Waals surface area contributed by atoms with Crippen molar-refractivity contribution in [3.8, 4) is 10.4 Å². The summed E-state index contributed by atoms with van der Waals surface area (Å²) in [6.45, 7) is 3.51. The van der Waals surface area contributed by atoms with Crippen LogP contribution in [0.2, 0.25) is 0 Å². The van der Waals surface area contributed by atoms with Gasteiger partial charge in [0.25, 0.3) is 0 Å². The molecule has 3 aromatic rings. The number of alkyl halides is 3. The van der Waals surface area contributed by atoms with Gasteiger partial charge in [0.1, 0.15) is 16.3 Å². The Hall–Kier alpha value is -2.60. The van der Waals surface area contributed by atoms with Crippen LogP contribution in [0.3, 0.4) is 0 Å². The van der Waals surface area contributed by atoms with Crippen molar-refractivity contribution in [2.24, 2.45) is 0 Å². The molecular formula is C21H22F3N5O2S. The van der Waals surface area contributed by atoms with E-state index in [-0.39, 0.29) is 12.6 Å². The van der Waals surface area contributed by atoms with Crippen molar-refractivity contribution in [3.63, 3.8) is 0 Å². The minimum atomic E-state index is -4.55. The highest BCUT2D eigenvalue weighted by Gasteiger charge is 2.40. The number of aliphatic hydroxyl groups is 2. The average Bonchev–Trinajstić information content (AvgIpc) is 3.36. The number of benzene rings is 1. The predicted octanol–water partition coefficient (Wildman–Crippen LogP) is 3.56. The van der Waals surface area contributed by atoms with Gasteiger partial charge < -0.3 is 15.5 Å². The second kappa shape index (κ2) is 8.74. The molecule has 1 atom stereocenters. The molecule has 0 spiro atoms. The number of aliphatic hydroxyl groups excluding tert-OH is 1. The molecule has 170 valence electrons. The zero-order chi connectivity index (χ0) is 22.9. The van der Waals surface area contributed by atoms with Gasteiger partial charge in [0.2, 0.25) is 5.95 Å². The molecule has 3 N–H and O–H groups in total. The number of hydrogen-bond donors (Lipinski definition) is 3. The Morgan fingerprint density at radius 3 is 2.81 bits per heavy atom. The van der Waals surface area contributed by atoms with Gasteiger partial charge >= 0.3 is 6.18 Å². The van der Waals surface area contributed by atoms with Crippen molar-refractivity contribution in [1.29, 1.82) is 0 Å². The van der Waals surface area contributed by atoms with Gasteiger partial charge in [-0.2, -0.15) is 13.2 Å². The van der Waals surface area contributed by atoms with Gasteiger partial charge in [-0.1, -0.05) is 6.07 Å². The van der Waals surface area contributed by atoms with E-state index in [0.717, 1.165) is 28.3 Å². The van der Waals surface area contributed by atoms with Crippen LogP contribution in [-0.4, -0.2) is 56.3 Å². The minimum Gasteiger partial charge on any atom is -0.395 e. The first kappa shape index (κ1) is 22.6. The normalized spacial score (nSPS) is 19.4. The highest BCUT2D eigenvalue weighted by atomic mass is 32.1. The van der Waals surface area contributed by atoms with Gasteiger partial charge in [-0.05, 0) is 42.7 Å². The van der Waals surface area contributed by atoms with Crippen molar-refractivity contribution in [3.05, 3.63) is 52.9 Å². The van der Waals surface area contributed by atoms with Crippen LogP contribution in [0.4, 0.5) is 24.8 Å². The Labute approximate surface area is 186 Å². The van der Waals surface area contributed by atoms with Crippen molar-refractivity contribution < 1.29 is 23.4 Å². The number of anilines is 2. The predicted molar refractivity (Wildman–Crippen MR) is 115 cm³/mol. The number of aryl methyl sites for hydroxylation is 1. The molecule has 0 bridgehead atoms. The summed E-state index contributed by atoms with van der Waals surface area (Å²) >= 11 is 1.37. The van der Waals surface area contributed by atoms with Crippen LogP contribution < -0.4 is 5.32 Å². The van der Waals surface area contributed by atoms with E-state index in [1.807, 2.05) is 17.9 Å². The van der Waals surface area contributed by atoms with Crippen LogP contribution in [0.5, 0.6) is 0 Å². The van der Waals surface area contributed by atoms with E-state index in [4.69, 9.17) is 5.11 Å². The van der Waals surface area contributed by atoms with Crippen LogP contribution in [0.25, 0.3) is 10.4 Å². The molecule has 0 radical (unpaired) electrons. The molecule has 0 amide bonds. The molecular weight excluding hydrogens is 443 g/mol. The second-order valence-corrected chi connectivity index (χ2v) is 8.82. The quantitative estimate of drug-likeness (QED) is 0.513. The summed E-state index contributed by atoms with van der Waals surface area (Å²) in [7, 11) is 0. The van der Waals surface area contributed by atoms with E-state index in [2.05, 4.69) is 20.3 Å². The average molecular weight is 466 g/mol. The lowest BCUT2D eigenvalue weighted by Gasteiger charge is -2.20. The van der Waals surface area contributed by atoms with E-state index in [0.29, 0.717) is 36.8 Å². The van der Waals surface area contributed by atoms with Gasteiger partial charge in [0.15, 0.2) is 0 Å². The van der Waals surface area contributed by atoms with Gasteiger partial charge in [-0.15, -0.1) is 11.3 Å². The summed E-state index contributed by atoms with van der Waals surface area (Å²) in [4.78, 5) is 14.7. The Morgan fingerprint density at radius 2 is 2.06 bits per heavy atom. The minimum absolute atomic E-state index is 0.0356. The molecule has 0 saturated carbocycles. The van der Waals surface area contributed by atoms with Crippen molar-refractivity contribution in [2.75, 3.05) is 31.6 Å². The van der Waals surface area contributed by atoms with Crippen molar-refractivity contribution in [2.45, 2.75) is 25.1 Å². The largest absolute Gasteiger partial charge is 0.433 e. The first-order valence-corrected chi connectivity index (χ1v) is 10.8. The molecule has 4 rings (SSSR count). The number of β-amino-alcohol motifs (C(OH)–C–C–N with tert-alkyl or cyclic N) is 2. The molecule has 1 unspecified atom stereocenters. The lowest BCUT2D eigenvalue weighted by molar-refractivity contribution is -0.141. The molecule has 2 aromatic heterocycles. The lowest BCUT2D eigenvalue weighted by Crippen LogP contribution is -2.32. The van der Waals surface area contributed by atoms with E-state index < -0.39 is 17.5 Å². The van der Waals surface area contributed by atoms with Crippen LogP contribution in [0.1, 0.15) is 22.7 Å². The maximum atomic E-state index is 12.9. The maximum absolute atomic E-state index is 12.9. The number of likely N-dealkylation sites (tertiary alicyclic amines) is 1. The van der Waals surface area contributed by atoms with E-state index in [1.54, 1.807) is 18.3 Å². The zero-order valence-corrected chi connectivity index (χ0v) is 18.0. The molecule has 0 aliphatic carbocycles. The highest BCUT2D eigenvalue weighted by Crippen LogP contribution is 2.38. The van der Waals surface area contributed by atoms with Crippen molar-refractivity contribution >= 4 is 23.0 Å². The first-order valence-electron chi connectivity index (χ1n) is 9.97. The first-order chi connectivity index (χ1) is 15.2. The molecule has 7 nitrogen and oxygen atoms in total. The van der Waals surface area contributed by atoms with E-state index in [9.17, 15) is 18.3 Å². The summed E-state index contributed by atoms with van der Waals surface area (Å²) in [5, 5.41) is 23.6. The highest BCUT2D eigenvalue weighted by molar-refractivity contribution is 7.15. The third-order valence-electron chi connectivity index (χ3n) is 5.21. The van der Waals surface area contributed by atoms with Crippen LogP contribution in [-0.2, 0) is 11.8 Å². The number of aromatic nitrogens is 3. The summed E-state index contributed by atoms with van der Waals surface area (Å²) in [5.41, 5.74) is 0.171. The number of halogens is 3. The third kappa shape index (κ3) is 4.90. The van der Waals surface area contributed by atoms with Gasteiger partial charge in [0, 0.05) is 37.7 Å². The summed E-state index contributed by atoms with van der Waals surface area (Å²) in [6.07, 6.45) is -1.27. The standard InChI is InChI=1S/C21H22F3N5O2S/c1-13-8-14(10-15(9-13)27-19-25-4-2-17(28-19)21(22,23)24)16-11-26-18(32-16)20(31)3-5-29(12-20)6-7-30/h2,4,8-11,30-31H,3,5-7,12H2,1H3,(H,25,27,28). The fourth-order valence-electron chi connectivity index (χ4n) is 3.70. The van der Waals surface area contributed by atoms with Gasteiger partial charge in [0.05, 0.1) is 11.5 Å². The molecule has 3 heterocycles. The summed E-state index contributed by atoms with van der Waals surface area (Å²) in [5.74, 6) is -0.148. The number of nitrogens with one attached hydrogen (secondary N) is 1. The molecule has 1 aliphatic rings. The lowest BCUT2D eigenvalue weighted by atomic mass is 10.1. The molecule has 1 saturated heterocycles. The molecule has 1 fully saturated rings. The Kier molecular flexibility index (Phi) is 6.17. The fourth-order valence-corrected chi connectivity index (χ4v) is 4.72. The SMILES string of the molecule is Cc1cc(Nc2nccc(C(F)(F)F)n2)cc(-c2cnc(C3(O)CCN(CCO)C3)s2)c1. The Morgan fingerprint density at radius 1 is 1.25 bits per heavy atom. The maximum Gasteiger partial charge on any atom is 0.433 e. The molecule has 1 aliphatic heterocycles. The number of thiazole rings is 1. The van der Waals surface area contributed by atoms with Gasteiger partial charge in [-0.3, -0.25) is 4.90 Å². The number of hydrogen-bond acceptors (Lipinski definition) is 8. The molecule has 1 aromatic carbocycles. The van der Waals surface area contributed by atoms with Gasteiger partial charge in [-0.25, -0.2) is 15.0 Å². The van der Waals surface area contributed by atoms with Crippen molar-refractivity contribution in [1.82, 2.24) is 19.9 Å². The number of nitrogens with zero attached hydrogens (tertiary/aromatic N) is 4. The third-order valence-corrected chi connectivity index (χ3v) is 6.45. The fraction of sp³-hybridized carbons (Fsp3) is 0.381. The monoisotopic (exact) mass is 465 g/mol. The van der Waals surface area contributed by atoms with Crippen LogP contribution >= 0.6 is 11.3 Å². The Bertz CT molecular complexity index is 1110. The Balaban J connectivity index is 1.57. The second-order valence-electron chi connectivity index (χ2n) is 7.79. The molecule has 11 heteroatoms. The topological polar surface area (TPSA) is 94.4 Å². The van der Waals surface area contributed by atoms with E-state index in [1.165, 1.54) is 11.3 Å². The zero-order valence-electron chi connectivity index (χ0n) is 17.2. The van der Waals surface area contributed by atoms with Crippen LogP contribution in [0.15, 0.2) is 36.7 Å².